The van der Waals surface area contributed by atoms with E-state index in [1.165, 1.54) is 35.0 Å². The molecule has 0 unspecified atom stereocenters. The first-order valence-corrected chi connectivity index (χ1v) is 12.6. The molecule has 32 heavy (non-hydrogen) atoms. The first-order chi connectivity index (χ1) is 14.5. The Morgan fingerprint density at radius 1 is 0.688 bits per heavy atom. The van der Waals surface area contributed by atoms with E-state index in [1.54, 1.807) is 0 Å². The molecule has 0 saturated carbocycles. The lowest BCUT2D eigenvalue weighted by molar-refractivity contribution is -0.856. The molecular weight excluding hydrogens is 456 g/mol. The average Bonchev–Trinajstić information content (AvgIpc) is 2.67. The van der Waals surface area contributed by atoms with Gasteiger partial charge in [0.25, 0.3) is 0 Å². The molecule has 6 N–H and O–H groups in total. The van der Waals surface area contributed by atoms with Crippen LogP contribution in [-0.2, 0) is 20.2 Å². The van der Waals surface area contributed by atoms with Crippen LogP contribution >= 0.6 is 0 Å². The van der Waals surface area contributed by atoms with Crippen molar-refractivity contribution in [2.24, 2.45) is 0 Å². The molecule has 2 aromatic rings. The molecule has 182 valence electrons. The predicted octanol–water partition coefficient (Wildman–Crippen LogP) is -1.37. The maximum Gasteiger partial charge on any atom is 0.125 e. The minimum absolute atomic E-state index is 0.000139. The van der Waals surface area contributed by atoms with E-state index in [1.807, 2.05) is 0 Å². The van der Waals surface area contributed by atoms with Gasteiger partial charge >= 0.3 is 0 Å². The zero-order valence-electron chi connectivity index (χ0n) is 19.3. The van der Waals surface area contributed by atoms with Crippen LogP contribution in [0.2, 0.25) is 0 Å². The van der Waals surface area contributed by atoms with Crippen molar-refractivity contribution in [3.05, 3.63) is 36.4 Å². The van der Waals surface area contributed by atoms with Crippen molar-refractivity contribution in [2.75, 3.05) is 52.7 Å². The number of quaternary nitrogens is 2. The summed E-state index contributed by atoms with van der Waals surface area (Å²) in [5, 5.41) is 0. The molecule has 0 aromatic heterocycles. The molecule has 0 radical (unpaired) electrons. The summed E-state index contributed by atoms with van der Waals surface area (Å²) in [7, 11) is -1.31. The second-order valence-corrected chi connectivity index (χ2v) is 10.2. The predicted molar refractivity (Wildman–Crippen MR) is 123 cm³/mol. The fourth-order valence-electron chi connectivity index (χ4n) is 1.94. The third-order valence-electron chi connectivity index (χ3n) is 4.25. The largest absolute Gasteiger partial charge is 0.744 e. The summed E-state index contributed by atoms with van der Waals surface area (Å²) in [6, 6.07) is 6.66. The molecule has 12 heteroatoms. The summed E-state index contributed by atoms with van der Waals surface area (Å²) in [6.45, 7) is 6.77. The van der Waals surface area contributed by atoms with Crippen molar-refractivity contribution in [3.8, 4) is 11.1 Å². The van der Waals surface area contributed by atoms with E-state index in [4.69, 9.17) is 11.5 Å². The van der Waals surface area contributed by atoms with E-state index in [0.717, 1.165) is 24.3 Å². The normalized spacial score (nSPS) is 11.4. The summed E-state index contributed by atoms with van der Waals surface area (Å²) in [5.41, 5.74) is 10.4. The van der Waals surface area contributed by atoms with Crippen molar-refractivity contribution >= 4 is 31.6 Å². The minimum Gasteiger partial charge on any atom is -0.744 e. The molecule has 0 aliphatic rings. The van der Waals surface area contributed by atoms with Crippen LogP contribution in [0.3, 0.4) is 0 Å². The van der Waals surface area contributed by atoms with Crippen LogP contribution < -0.4 is 21.3 Å². The van der Waals surface area contributed by atoms with E-state index in [0.29, 0.717) is 0 Å². The standard InChI is InChI=1S/C12H12N2O6S2.2C4H11N/c13-7-1-3-9(11(5-7)21(15,16)17)10-4-2-8(14)6-12(10)22(18,19)20;2*1-4-5(2)3/h1-6H,13-14H2,(H,15,16,17)(H,18,19,20);2*4H2,1-3H3. The first kappa shape index (κ1) is 29.8. The van der Waals surface area contributed by atoms with Crippen molar-refractivity contribution in [1.29, 1.82) is 0 Å². The van der Waals surface area contributed by atoms with Crippen LogP contribution in [0.25, 0.3) is 11.1 Å². The number of hydrogen-bond donors (Lipinski definition) is 4. The van der Waals surface area contributed by atoms with E-state index >= 15 is 0 Å². The summed E-state index contributed by atoms with van der Waals surface area (Å²) in [4.78, 5) is 1.57. The van der Waals surface area contributed by atoms with Gasteiger partial charge in [-0.25, -0.2) is 16.8 Å². The zero-order chi connectivity index (χ0) is 25.3. The number of benzene rings is 2. The molecule has 2 aromatic carbocycles. The molecule has 0 atom stereocenters. The maximum atomic E-state index is 11.3. The summed E-state index contributed by atoms with van der Waals surface area (Å²) in [5.74, 6) is 0. The molecule has 0 aliphatic carbocycles. The van der Waals surface area contributed by atoms with Crippen molar-refractivity contribution in [2.45, 2.75) is 23.6 Å². The van der Waals surface area contributed by atoms with Gasteiger partial charge in [-0.15, -0.1) is 0 Å². The SMILES string of the molecule is CC[NH+](C)C.CC[NH+](C)C.Nc1ccc(-c2ccc(N)cc2S(=O)(=O)[O-])c(S(=O)(=O)[O-])c1. The van der Waals surface area contributed by atoms with Gasteiger partial charge in [0.2, 0.25) is 0 Å². The van der Waals surface area contributed by atoms with E-state index < -0.39 is 30.0 Å². The smallest absolute Gasteiger partial charge is 0.125 e. The lowest BCUT2D eigenvalue weighted by Crippen LogP contribution is -3.05. The summed E-state index contributed by atoms with van der Waals surface area (Å²) >= 11 is 0. The highest BCUT2D eigenvalue weighted by Crippen LogP contribution is 2.34. The molecule has 0 aliphatic heterocycles. The van der Waals surface area contributed by atoms with Crippen LogP contribution in [0.15, 0.2) is 46.2 Å². The molecule has 0 spiro atoms. The fraction of sp³-hybridized carbons (Fsp3) is 0.400. The van der Waals surface area contributed by atoms with E-state index in [9.17, 15) is 25.9 Å². The Morgan fingerprint density at radius 3 is 1.12 bits per heavy atom. The molecule has 0 saturated heterocycles. The van der Waals surface area contributed by atoms with Crippen molar-refractivity contribution in [3.63, 3.8) is 0 Å². The molecule has 0 amide bonds. The van der Waals surface area contributed by atoms with Gasteiger partial charge in [0.15, 0.2) is 0 Å². The highest BCUT2D eigenvalue weighted by molar-refractivity contribution is 7.86. The van der Waals surface area contributed by atoms with E-state index in [-0.39, 0.29) is 22.5 Å². The first-order valence-electron chi connectivity index (χ1n) is 9.83. The highest BCUT2D eigenvalue weighted by atomic mass is 32.2. The van der Waals surface area contributed by atoms with Gasteiger partial charge in [0.05, 0.1) is 51.1 Å². The third-order valence-corrected chi connectivity index (χ3v) is 6.01. The molecule has 2 rings (SSSR count). The second-order valence-electron chi connectivity index (χ2n) is 7.54. The van der Waals surface area contributed by atoms with Gasteiger partial charge in [0, 0.05) is 22.5 Å². The van der Waals surface area contributed by atoms with Crippen LogP contribution in [0, 0.1) is 0 Å². The lowest BCUT2D eigenvalue weighted by Gasteiger charge is -2.18. The monoisotopic (exact) mass is 490 g/mol. The summed E-state index contributed by atoms with van der Waals surface area (Å²) in [6.07, 6.45) is 0. The Morgan fingerprint density at radius 2 is 0.938 bits per heavy atom. The lowest BCUT2D eigenvalue weighted by atomic mass is 10.0. The number of hydrogen-bond acceptors (Lipinski definition) is 8. The Balaban J connectivity index is 0.000000805. The van der Waals surface area contributed by atoms with Gasteiger partial charge in [-0.1, -0.05) is 12.1 Å². The molecule has 0 bridgehead atoms. The van der Waals surface area contributed by atoms with Gasteiger partial charge in [0.1, 0.15) is 20.2 Å². The second kappa shape index (κ2) is 12.7. The number of anilines is 2. The Labute approximate surface area is 191 Å². The number of rotatable bonds is 5. The van der Waals surface area contributed by atoms with Crippen molar-refractivity contribution < 1.29 is 35.7 Å². The topological polar surface area (TPSA) is 175 Å². The Kier molecular flexibility index (Phi) is 11.8. The van der Waals surface area contributed by atoms with Crippen LogP contribution in [0.4, 0.5) is 11.4 Å². The zero-order valence-corrected chi connectivity index (χ0v) is 20.9. The van der Waals surface area contributed by atoms with Gasteiger partial charge in [-0.3, -0.25) is 0 Å². The Hall–Kier alpha value is -2.22. The van der Waals surface area contributed by atoms with Gasteiger partial charge in [-0.05, 0) is 38.1 Å². The molecule has 10 nitrogen and oxygen atoms in total. The fourth-order valence-corrected chi connectivity index (χ4v) is 3.39. The quantitative estimate of drug-likeness (QED) is 0.293. The third kappa shape index (κ3) is 10.4. The molecule has 0 heterocycles. The molecule has 0 fully saturated rings. The van der Waals surface area contributed by atoms with Crippen LogP contribution in [0.1, 0.15) is 13.8 Å². The summed E-state index contributed by atoms with van der Waals surface area (Å²) < 4.78 is 68.1. The van der Waals surface area contributed by atoms with Crippen LogP contribution in [0.5, 0.6) is 0 Å². The van der Waals surface area contributed by atoms with Gasteiger partial charge in [-0.2, -0.15) is 0 Å². The molecular formula is C20H34N4O6S2. The average molecular weight is 491 g/mol. The Bertz CT molecular complexity index is 998. The van der Waals surface area contributed by atoms with Gasteiger partial charge < -0.3 is 30.4 Å². The number of nitrogen functional groups attached to an aromatic ring is 2. The van der Waals surface area contributed by atoms with Crippen LogP contribution in [-0.4, -0.2) is 67.2 Å². The highest BCUT2D eigenvalue weighted by Gasteiger charge is 2.17. The van der Waals surface area contributed by atoms with E-state index in [2.05, 4.69) is 42.0 Å². The minimum atomic E-state index is -4.93. The maximum absolute atomic E-state index is 11.3. The number of nitrogens with one attached hydrogen (secondary N) is 2. The van der Waals surface area contributed by atoms with Crippen molar-refractivity contribution in [1.82, 2.24) is 0 Å². The number of nitrogens with two attached hydrogens (primary N) is 2.